The fraction of sp³-hybridized carbons (Fsp3) is 0.821. The SMILES string of the molecule is C/C(=C\C(C)C(C)C)C(OC(=O)C1CCCN1C(=O)C(=O)C1(O)OC(C(C)C)CCC1C)C(C)C. The smallest absolute Gasteiger partial charge is 0.329 e. The first-order valence-corrected chi connectivity index (χ1v) is 13.3. The molecule has 2 fully saturated rings. The minimum atomic E-state index is -2.17. The van der Waals surface area contributed by atoms with Crippen LogP contribution in [0.5, 0.6) is 0 Å². The van der Waals surface area contributed by atoms with Gasteiger partial charge in [0.2, 0.25) is 5.79 Å². The van der Waals surface area contributed by atoms with Crippen LogP contribution in [0.4, 0.5) is 0 Å². The number of hydrogen-bond donors (Lipinski definition) is 1. The number of esters is 1. The Hall–Kier alpha value is -1.73. The van der Waals surface area contributed by atoms with Gasteiger partial charge in [0.15, 0.2) is 0 Å². The summed E-state index contributed by atoms with van der Waals surface area (Å²) in [6.45, 7) is 18.3. The number of hydrogen-bond acceptors (Lipinski definition) is 6. The molecule has 0 spiro atoms. The summed E-state index contributed by atoms with van der Waals surface area (Å²) in [7, 11) is 0. The maximum absolute atomic E-state index is 13.3. The summed E-state index contributed by atoms with van der Waals surface area (Å²) in [6.07, 6.45) is 3.76. The van der Waals surface area contributed by atoms with Crippen LogP contribution < -0.4 is 0 Å². The number of ether oxygens (including phenoxy) is 2. The van der Waals surface area contributed by atoms with Gasteiger partial charge in [-0.15, -0.1) is 0 Å². The van der Waals surface area contributed by atoms with E-state index < -0.39 is 41.5 Å². The Morgan fingerprint density at radius 3 is 2.20 bits per heavy atom. The van der Waals surface area contributed by atoms with Crippen molar-refractivity contribution in [3.8, 4) is 0 Å². The van der Waals surface area contributed by atoms with Gasteiger partial charge in [-0.25, -0.2) is 4.79 Å². The van der Waals surface area contributed by atoms with Crippen molar-refractivity contribution in [3.05, 3.63) is 11.6 Å². The van der Waals surface area contributed by atoms with Crippen LogP contribution in [0, 0.1) is 29.6 Å². The van der Waals surface area contributed by atoms with Crippen LogP contribution in [-0.2, 0) is 23.9 Å². The maximum atomic E-state index is 13.3. The molecule has 2 heterocycles. The molecule has 2 aliphatic rings. The van der Waals surface area contributed by atoms with Crippen molar-refractivity contribution in [2.75, 3.05) is 6.54 Å². The average Bonchev–Trinajstić information content (AvgIpc) is 3.27. The molecule has 0 bridgehead atoms. The van der Waals surface area contributed by atoms with E-state index in [1.165, 1.54) is 4.90 Å². The number of ketones is 1. The maximum Gasteiger partial charge on any atom is 0.329 e. The molecule has 2 aliphatic heterocycles. The molecular formula is C28H47NO6. The van der Waals surface area contributed by atoms with Crippen LogP contribution in [0.3, 0.4) is 0 Å². The number of Topliss-reactive ketones (excluding diaryl/α,β-unsaturated/α-hetero) is 1. The first-order valence-electron chi connectivity index (χ1n) is 13.3. The molecule has 6 unspecified atom stereocenters. The van der Waals surface area contributed by atoms with Gasteiger partial charge in [0.05, 0.1) is 6.10 Å². The monoisotopic (exact) mass is 493 g/mol. The lowest BCUT2D eigenvalue weighted by atomic mass is 9.84. The normalized spacial score (nSPS) is 29.6. The van der Waals surface area contributed by atoms with Gasteiger partial charge < -0.3 is 19.5 Å². The van der Waals surface area contributed by atoms with E-state index in [1.54, 1.807) is 6.92 Å². The highest BCUT2D eigenvalue weighted by atomic mass is 16.6. The van der Waals surface area contributed by atoms with Gasteiger partial charge in [0, 0.05) is 12.5 Å². The molecule has 2 rings (SSSR count). The van der Waals surface area contributed by atoms with Crippen molar-refractivity contribution in [2.45, 2.75) is 112 Å². The van der Waals surface area contributed by atoms with Gasteiger partial charge in [-0.05, 0) is 61.9 Å². The third-order valence-corrected chi connectivity index (χ3v) is 7.81. The van der Waals surface area contributed by atoms with Gasteiger partial charge in [-0.2, -0.15) is 0 Å². The highest BCUT2D eigenvalue weighted by Crippen LogP contribution is 2.36. The van der Waals surface area contributed by atoms with Crippen molar-refractivity contribution in [3.63, 3.8) is 0 Å². The molecule has 6 atom stereocenters. The molecular weight excluding hydrogens is 446 g/mol. The molecule has 7 nitrogen and oxygen atoms in total. The van der Waals surface area contributed by atoms with E-state index in [2.05, 4.69) is 26.8 Å². The van der Waals surface area contributed by atoms with E-state index in [0.717, 1.165) is 12.0 Å². The second-order valence-corrected chi connectivity index (χ2v) is 11.7. The van der Waals surface area contributed by atoms with Gasteiger partial charge in [-0.1, -0.05) is 61.5 Å². The first kappa shape index (κ1) is 29.5. The molecule has 0 radical (unpaired) electrons. The lowest BCUT2D eigenvalue weighted by Crippen LogP contribution is -2.59. The van der Waals surface area contributed by atoms with E-state index in [4.69, 9.17) is 9.47 Å². The molecule has 0 saturated carbocycles. The zero-order valence-corrected chi connectivity index (χ0v) is 23.2. The number of likely N-dealkylation sites (tertiary alicyclic amines) is 1. The number of carbonyl (C=O) groups is 3. The minimum absolute atomic E-state index is 0.0620. The molecule has 0 aromatic heterocycles. The Balaban J connectivity index is 2.18. The highest BCUT2D eigenvalue weighted by molar-refractivity contribution is 6.39. The molecule has 7 heteroatoms. The Morgan fingerprint density at radius 2 is 1.66 bits per heavy atom. The Bertz CT molecular complexity index is 803. The topological polar surface area (TPSA) is 93.1 Å². The first-order chi connectivity index (χ1) is 16.2. The lowest BCUT2D eigenvalue weighted by molar-refractivity contribution is -0.269. The third-order valence-electron chi connectivity index (χ3n) is 7.81. The number of aliphatic hydroxyl groups is 1. The van der Waals surface area contributed by atoms with E-state index in [-0.39, 0.29) is 24.5 Å². The summed E-state index contributed by atoms with van der Waals surface area (Å²) in [5.74, 6) is -4.07. The summed E-state index contributed by atoms with van der Waals surface area (Å²) in [4.78, 5) is 41.0. The second kappa shape index (κ2) is 12.0. The molecule has 0 aromatic rings. The van der Waals surface area contributed by atoms with Crippen molar-refractivity contribution in [1.29, 1.82) is 0 Å². The van der Waals surface area contributed by atoms with Crippen LogP contribution in [0.2, 0.25) is 0 Å². The van der Waals surface area contributed by atoms with Crippen LogP contribution >= 0.6 is 0 Å². The van der Waals surface area contributed by atoms with Crippen LogP contribution in [0.25, 0.3) is 0 Å². The van der Waals surface area contributed by atoms with E-state index in [0.29, 0.717) is 31.1 Å². The zero-order valence-electron chi connectivity index (χ0n) is 23.2. The average molecular weight is 494 g/mol. The van der Waals surface area contributed by atoms with Gasteiger partial charge in [0.1, 0.15) is 12.1 Å². The van der Waals surface area contributed by atoms with Crippen molar-refractivity contribution < 1.29 is 29.0 Å². The Kier molecular flexibility index (Phi) is 10.1. The summed E-state index contributed by atoms with van der Waals surface area (Å²) in [5.41, 5.74) is 0.986. The molecule has 0 aliphatic carbocycles. The van der Waals surface area contributed by atoms with Gasteiger partial charge in [-0.3, -0.25) is 9.59 Å². The quantitative estimate of drug-likeness (QED) is 0.289. The van der Waals surface area contributed by atoms with Crippen LogP contribution in [0.1, 0.15) is 88.0 Å². The molecule has 1 amide bonds. The van der Waals surface area contributed by atoms with Crippen molar-refractivity contribution in [1.82, 2.24) is 4.90 Å². The zero-order chi connectivity index (χ0) is 26.7. The lowest BCUT2D eigenvalue weighted by Gasteiger charge is -2.42. The number of rotatable bonds is 9. The predicted molar refractivity (Wildman–Crippen MR) is 135 cm³/mol. The van der Waals surface area contributed by atoms with Crippen LogP contribution in [-0.4, -0.2) is 58.2 Å². The third kappa shape index (κ3) is 6.73. The highest BCUT2D eigenvalue weighted by Gasteiger charge is 2.53. The van der Waals surface area contributed by atoms with Crippen LogP contribution in [0.15, 0.2) is 11.6 Å². The van der Waals surface area contributed by atoms with Crippen molar-refractivity contribution in [2.24, 2.45) is 29.6 Å². The number of carbonyl (C=O) groups excluding carboxylic acids is 3. The van der Waals surface area contributed by atoms with E-state index >= 15 is 0 Å². The molecule has 2 saturated heterocycles. The minimum Gasteiger partial charge on any atom is -0.456 e. The van der Waals surface area contributed by atoms with Gasteiger partial charge >= 0.3 is 5.97 Å². The fourth-order valence-corrected chi connectivity index (χ4v) is 4.96. The predicted octanol–water partition coefficient (Wildman–Crippen LogP) is 4.51. The molecule has 1 N–H and O–H groups in total. The number of nitrogens with zero attached hydrogens (tertiary/aromatic N) is 1. The second-order valence-electron chi connectivity index (χ2n) is 11.7. The van der Waals surface area contributed by atoms with Crippen molar-refractivity contribution >= 4 is 17.7 Å². The Labute approximate surface area is 211 Å². The largest absolute Gasteiger partial charge is 0.456 e. The Morgan fingerprint density at radius 1 is 1.03 bits per heavy atom. The summed E-state index contributed by atoms with van der Waals surface area (Å²) < 4.78 is 11.7. The molecule has 35 heavy (non-hydrogen) atoms. The fourth-order valence-electron chi connectivity index (χ4n) is 4.96. The standard InChI is InChI=1S/C28H47NO6/c1-16(2)19(7)15-20(8)24(18(5)6)34-27(32)22-11-10-14-29(22)26(31)25(30)28(33)21(9)12-13-23(35-28)17(3)4/h15-19,21-24,33H,10-14H2,1-9H3/b20-15+. The van der Waals surface area contributed by atoms with E-state index in [1.807, 2.05) is 34.6 Å². The molecule has 200 valence electrons. The summed E-state index contributed by atoms with van der Waals surface area (Å²) >= 11 is 0. The number of allylic oxidation sites excluding steroid dienone is 1. The van der Waals surface area contributed by atoms with E-state index in [9.17, 15) is 19.5 Å². The molecule has 0 aromatic carbocycles. The summed E-state index contributed by atoms with van der Waals surface area (Å²) in [6, 6.07) is -0.841. The summed E-state index contributed by atoms with van der Waals surface area (Å²) in [5, 5.41) is 11.2. The number of amides is 1. The van der Waals surface area contributed by atoms with Gasteiger partial charge in [0.25, 0.3) is 11.7 Å².